The number of hydrogen-bond acceptors (Lipinski definition) is 3. The number of ether oxygens (including phenoxy) is 1. The molecular formula is C15H16ClFN2O. The van der Waals surface area contributed by atoms with Crippen LogP contribution in [0.3, 0.4) is 0 Å². The minimum absolute atomic E-state index is 0.0575. The number of rotatable bonds is 5. The second-order valence-electron chi connectivity index (χ2n) is 4.38. The van der Waals surface area contributed by atoms with Crippen molar-refractivity contribution >= 4 is 11.6 Å². The standard InChI is InChI=1S/C15H16ClFN2O/c1-18-14(12-4-3-7-19-15(12)20-2)9-10-8-11(17)5-6-13(10)16/h3-8,14,18H,9H2,1-2H3. The quantitative estimate of drug-likeness (QED) is 0.918. The minimum Gasteiger partial charge on any atom is -0.481 e. The van der Waals surface area contributed by atoms with Gasteiger partial charge in [-0.1, -0.05) is 17.7 Å². The first-order valence-electron chi connectivity index (χ1n) is 6.25. The van der Waals surface area contributed by atoms with Crippen LogP contribution in [-0.4, -0.2) is 19.1 Å². The summed E-state index contributed by atoms with van der Waals surface area (Å²) in [5.74, 6) is 0.261. The van der Waals surface area contributed by atoms with Gasteiger partial charge in [-0.3, -0.25) is 0 Å². The maximum atomic E-state index is 13.3. The lowest BCUT2D eigenvalue weighted by atomic mass is 9.99. The highest BCUT2D eigenvalue weighted by atomic mass is 35.5. The van der Waals surface area contributed by atoms with Crippen LogP contribution in [-0.2, 0) is 6.42 Å². The predicted octanol–water partition coefficient (Wildman–Crippen LogP) is 3.39. The third kappa shape index (κ3) is 3.26. The Balaban J connectivity index is 2.31. The van der Waals surface area contributed by atoms with E-state index in [1.807, 2.05) is 19.2 Å². The first-order valence-corrected chi connectivity index (χ1v) is 6.63. The number of pyridine rings is 1. The molecule has 0 fully saturated rings. The van der Waals surface area contributed by atoms with Gasteiger partial charge in [-0.25, -0.2) is 9.37 Å². The molecule has 2 rings (SSSR count). The molecule has 0 radical (unpaired) electrons. The molecule has 2 aromatic rings. The summed E-state index contributed by atoms with van der Waals surface area (Å²) in [7, 11) is 3.41. The lowest BCUT2D eigenvalue weighted by Crippen LogP contribution is -2.20. The first-order chi connectivity index (χ1) is 9.65. The van der Waals surface area contributed by atoms with E-state index in [1.54, 1.807) is 19.4 Å². The fourth-order valence-corrected chi connectivity index (χ4v) is 2.32. The van der Waals surface area contributed by atoms with Gasteiger partial charge in [0.15, 0.2) is 0 Å². The Morgan fingerprint density at radius 2 is 2.20 bits per heavy atom. The molecule has 0 bridgehead atoms. The maximum absolute atomic E-state index is 13.3. The SMILES string of the molecule is CNC(Cc1cc(F)ccc1Cl)c1cccnc1OC. The normalized spacial score (nSPS) is 12.2. The van der Waals surface area contributed by atoms with Crippen molar-refractivity contribution in [2.75, 3.05) is 14.2 Å². The summed E-state index contributed by atoms with van der Waals surface area (Å²) in [4.78, 5) is 4.18. The second-order valence-corrected chi connectivity index (χ2v) is 4.79. The van der Waals surface area contributed by atoms with Crippen molar-refractivity contribution in [2.45, 2.75) is 12.5 Å². The minimum atomic E-state index is -0.294. The van der Waals surface area contributed by atoms with Crippen molar-refractivity contribution in [1.82, 2.24) is 10.3 Å². The highest BCUT2D eigenvalue weighted by molar-refractivity contribution is 6.31. The van der Waals surface area contributed by atoms with Crippen LogP contribution in [0, 0.1) is 5.82 Å². The van der Waals surface area contributed by atoms with E-state index in [-0.39, 0.29) is 11.9 Å². The topological polar surface area (TPSA) is 34.2 Å². The molecule has 0 amide bonds. The van der Waals surface area contributed by atoms with Gasteiger partial charge in [0, 0.05) is 22.8 Å². The van der Waals surface area contributed by atoms with Gasteiger partial charge in [0.2, 0.25) is 5.88 Å². The highest BCUT2D eigenvalue weighted by Crippen LogP contribution is 2.28. The molecule has 20 heavy (non-hydrogen) atoms. The maximum Gasteiger partial charge on any atom is 0.217 e. The molecule has 3 nitrogen and oxygen atoms in total. The molecule has 1 unspecified atom stereocenters. The predicted molar refractivity (Wildman–Crippen MR) is 77.7 cm³/mol. The summed E-state index contributed by atoms with van der Waals surface area (Å²) >= 11 is 6.12. The summed E-state index contributed by atoms with van der Waals surface area (Å²) in [6.45, 7) is 0. The fraction of sp³-hybridized carbons (Fsp3) is 0.267. The molecule has 0 aliphatic heterocycles. The zero-order valence-corrected chi connectivity index (χ0v) is 12.1. The van der Waals surface area contributed by atoms with Crippen LogP contribution in [0.1, 0.15) is 17.2 Å². The van der Waals surface area contributed by atoms with E-state index < -0.39 is 0 Å². The molecule has 0 aliphatic rings. The Bertz CT molecular complexity index is 592. The van der Waals surface area contributed by atoms with Crippen LogP contribution in [0.5, 0.6) is 5.88 Å². The van der Waals surface area contributed by atoms with Crippen LogP contribution >= 0.6 is 11.6 Å². The van der Waals surface area contributed by atoms with Crippen molar-refractivity contribution in [3.05, 3.63) is 58.5 Å². The molecule has 0 spiro atoms. The first kappa shape index (κ1) is 14.8. The smallest absolute Gasteiger partial charge is 0.217 e. The Labute approximate surface area is 122 Å². The number of aromatic nitrogens is 1. The van der Waals surface area contributed by atoms with Gasteiger partial charge < -0.3 is 10.1 Å². The summed E-state index contributed by atoms with van der Waals surface area (Å²) in [6, 6.07) is 8.09. The largest absolute Gasteiger partial charge is 0.481 e. The van der Waals surface area contributed by atoms with Gasteiger partial charge in [-0.05, 0) is 43.3 Å². The number of halogens is 2. The van der Waals surface area contributed by atoms with E-state index in [4.69, 9.17) is 16.3 Å². The molecule has 0 saturated heterocycles. The van der Waals surface area contributed by atoms with Crippen LogP contribution < -0.4 is 10.1 Å². The number of hydrogen-bond donors (Lipinski definition) is 1. The molecule has 5 heteroatoms. The molecule has 1 aromatic carbocycles. The van der Waals surface area contributed by atoms with E-state index in [2.05, 4.69) is 10.3 Å². The lowest BCUT2D eigenvalue weighted by molar-refractivity contribution is 0.384. The molecule has 1 N–H and O–H groups in total. The molecule has 1 atom stereocenters. The summed E-state index contributed by atoms with van der Waals surface area (Å²) in [6.07, 6.45) is 2.22. The Morgan fingerprint density at radius 1 is 1.40 bits per heavy atom. The Morgan fingerprint density at radius 3 is 2.90 bits per heavy atom. The molecule has 1 heterocycles. The van der Waals surface area contributed by atoms with E-state index >= 15 is 0 Å². The molecule has 0 aliphatic carbocycles. The number of nitrogens with one attached hydrogen (secondary N) is 1. The fourth-order valence-electron chi connectivity index (χ4n) is 2.13. The number of likely N-dealkylation sites (N-methyl/N-ethyl adjacent to an activating group) is 1. The number of methoxy groups -OCH3 is 1. The van der Waals surface area contributed by atoms with E-state index in [0.717, 1.165) is 11.1 Å². The van der Waals surface area contributed by atoms with Crippen LogP contribution in [0.15, 0.2) is 36.5 Å². The average molecular weight is 295 g/mol. The van der Waals surface area contributed by atoms with Gasteiger partial charge in [0.05, 0.1) is 7.11 Å². The van der Waals surface area contributed by atoms with Crippen molar-refractivity contribution in [3.8, 4) is 5.88 Å². The molecule has 0 saturated carbocycles. The highest BCUT2D eigenvalue weighted by Gasteiger charge is 2.17. The van der Waals surface area contributed by atoms with Gasteiger partial charge in [0.25, 0.3) is 0 Å². The third-order valence-corrected chi connectivity index (χ3v) is 3.52. The summed E-state index contributed by atoms with van der Waals surface area (Å²) in [5.41, 5.74) is 1.66. The third-order valence-electron chi connectivity index (χ3n) is 3.15. The Hall–Kier alpha value is -1.65. The molecule has 106 valence electrons. The zero-order chi connectivity index (χ0) is 14.5. The van der Waals surface area contributed by atoms with Crippen molar-refractivity contribution in [1.29, 1.82) is 0 Å². The molecular weight excluding hydrogens is 279 g/mol. The van der Waals surface area contributed by atoms with E-state index in [9.17, 15) is 4.39 Å². The monoisotopic (exact) mass is 294 g/mol. The van der Waals surface area contributed by atoms with Crippen molar-refractivity contribution < 1.29 is 9.13 Å². The van der Waals surface area contributed by atoms with Crippen LogP contribution in [0.25, 0.3) is 0 Å². The van der Waals surface area contributed by atoms with Gasteiger partial charge in [0.1, 0.15) is 5.82 Å². The molecule has 1 aromatic heterocycles. The second kappa shape index (κ2) is 6.68. The Kier molecular flexibility index (Phi) is 4.93. The number of benzene rings is 1. The van der Waals surface area contributed by atoms with Gasteiger partial charge >= 0.3 is 0 Å². The van der Waals surface area contributed by atoms with Crippen LogP contribution in [0.4, 0.5) is 4.39 Å². The van der Waals surface area contributed by atoms with E-state index in [1.165, 1.54) is 12.1 Å². The van der Waals surface area contributed by atoms with Gasteiger partial charge in [-0.2, -0.15) is 0 Å². The lowest BCUT2D eigenvalue weighted by Gasteiger charge is -2.19. The number of nitrogens with zero attached hydrogens (tertiary/aromatic N) is 1. The van der Waals surface area contributed by atoms with Crippen LogP contribution in [0.2, 0.25) is 5.02 Å². The van der Waals surface area contributed by atoms with Crippen molar-refractivity contribution in [3.63, 3.8) is 0 Å². The average Bonchev–Trinajstić information content (AvgIpc) is 2.48. The zero-order valence-electron chi connectivity index (χ0n) is 11.4. The summed E-state index contributed by atoms with van der Waals surface area (Å²) in [5, 5.41) is 3.74. The van der Waals surface area contributed by atoms with Gasteiger partial charge in [-0.15, -0.1) is 0 Å². The van der Waals surface area contributed by atoms with Crippen molar-refractivity contribution in [2.24, 2.45) is 0 Å². The summed E-state index contributed by atoms with van der Waals surface area (Å²) < 4.78 is 18.6. The van der Waals surface area contributed by atoms with E-state index in [0.29, 0.717) is 17.3 Å².